The normalized spacial score (nSPS) is 20.0. The summed E-state index contributed by atoms with van der Waals surface area (Å²) < 4.78 is 43.4. The van der Waals surface area contributed by atoms with Gasteiger partial charge in [0, 0.05) is 56.6 Å². The predicted molar refractivity (Wildman–Crippen MR) is 111 cm³/mol. The number of imidazole rings is 1. The zero-order valence-electron chi connectivity index (χ0n) is 16.2. The third kappa shape index (κ3) is 4.11. The van der Waals surface area contributed by atoms with Crippen LogP contribution in [0.2, 0.25) is 5.15 Å². The summed E-state index contributed by atoms with van der Waals surface area (Å²) in [6, 6.07) is 11.0. The van der Waals surface area contributed by atoms with Crippen molar-refractivity contribution in [1.82, 2.24) is 24.2 Å². The van der Waals surface area contributed by atoms with E-state index in [-0.39, 0.29) is 35.2 Å². The Kier molecular flexibility index (Phi) is 5.88. The molecule has 30 heavy (non-hydrogen) atoms. The molecule has 2 unspecified atom stereocenters. The molecule has 1 saturated heterocycles. The minimum absolute atomic E-state index is 0.0180. The van der Waals surface area contributed by atoms with Crippen molar-refractivity contribution >= 4 is 21.6 Å². The fourth-order valence-corrected chi connectivity index (χ4v) is 5.33. The van der Waals surface area contributed by atoms with Crippen molar-refractivity contribution in [2.75, 3.05) is 13.1 Å². The van der Waals surface area contributed by atoms with E-state index in [2.05, 4.69) is 15.3 Å². The topological polar surface area (TPSA) is 80.1 Å². The van der Waals surface area contributed by atoms with E-state index in [9.17, 15) is 12.8 Å². The Morgan fingerprint density at radius 3 is 2.67 bits per heavy atom. The lowest BCUT2D eigenvalue weighted by molar-refractivity contribution is 0.451. The van der Waals surface area contributed by atoms with Crippen LogP contribution in [0.15, 0.2) is 60.1 Å². The summed E-state index contributed by atoms with van der Waals surface area (Å²) in [6.45, 7) is 0.763. The Balaban J connectivity index is 1.59. The lowest BCUT2D eigenvalue weighted by Gasteiger charge is -2.20. The fourth-order valence-electron chi connectivity index (χ4n) is 3.70. The molecule has 0 aliphatic carbocycles. The van der Waals surface area contributed by atoms with E-state index in [1.807, 2.05) is 30.3 Å². The number of benzene rings is 1. The molecule has 1 aromatic carbocycles. The number of hydrogen-bond acceptors (Lipinski definition) is 5. The first-order valence-electron chi connectivity index (χ1n) is 9.41. The molecule has 1 aliphatic rings. The van der Waals surface area contributed by atoms with E-state index in [4.69, 9.17) is 11.6 Å². The Morgan fingerprint density at radius 2 is 1.97 bits per heavy atom. The Morgan fingerprint density at radius 1 is 1.20 bits per heavy atom. The number of nitrogens with one attached hydrogen (secondary N) is 1. The predicted octanol–water partition coefficient (Wildman–Crippen LogP) is 2.55. The van der Waals surface area contributed by atoms with Gasteiger partial charge >= 0.3 is 0 Å². The molecule has 3 heterocycles. The fraction of sp³-hybridized carbons (Fsp3) is 0.300. The molecular formula is C20H21ClFN5O2S. The zero-order valence-corrected chi connectivity index (χ0v) is 17.8. The van der Waals surface area contributed by atoms with E-state index >= 15 is 0 Å². The quantitative estimate of drug-likeness (QED) is 0.585. The highest BCUT2D eigenvalue weighted by atomic mass is 35.5. The van der Waals surface area contributed by atoms with Crippen LogP contribution in [0, 0.1) is 5.82 Å². The van der Waals surface area contributed by atoms with E-state index in [1.165, 1.54) is 23.0 Å². The highest BCUT2D eigenvalue weighted by Gasteiger charge is 2.40. The summed E-state index contributed by atoms with van der Waals surface area (Å²) in [5.74, 6) is -0.663. The average Bonchev–Trinajstić information content (AvgIpc) is 3.37. The highest BCUT2D eigenvalue weighted by Crippen LogP contribution is 2.31. The van der Waals surface area contributed by atoms with Crippen molar-refractivity contribution in [3.8, 4) is 0 Å². The van der Waals surface area contributed by atoms with Crippen LogP contribution in [0.5, 0.6) is 0 Å². The van der Waals surface area contributed by atoms with Gasteiger partial charge in [-0.2, -0.15) is 4.31 Å². The van der Waals surface area contributed by atoms with Gasteiger partial charge in [-0.15, -0.1) is 0 Å². The molecule has 2 atom stereocenters. The number of pyridine rings is 1. The van der Waals surface area contributed by atoms with Crippen molar-refractivity contribution in [2.24, 2.45) is 7.05 Å². The van der Waals surface area contributed by atoms with Gasteiger partial charge in [0.15, 0.2) is 16.0 Å². The summed E-state index contributed by atoms with van der Waals surface area (Å²) in [5.41, 5.74) is 1.40. The number of nitrogens with zero attached hydrogens (tertiary/aromatic N) is 4. The maximum atomic E-state index is 14.2. The summed E-state index contributed by atoms with van der Waals surface area (Å²) >= 11 is 5.78. The number of aromatic nitrogens is 3. The molecular weight excluding hydrogens is 429 g/mol. The molecule has 0 radical (unpaired) electrons. The summed E-state index contributed by atoms with van der Waals surface area (Å²) in [6.07, 6.45) is 4.40. The summed E-state index contributed by atoms with van der Waals surface area (Å²) in [7, 11) is -2.01. The van der Waals surface area contributed by atoms with Crippen molar-refractivity contribution in [2.45, 2.75) is 23.5 Å². The third-order valence-electron chi connectivity index (χ3n) is 5.28. The molecule has 158 valence electrons. The van der Waals surface area contributed by atoms with E-state index in [0.29, 0.717) is 12.1 Å². The molecule has 4 rings (SSSR count). The van der Waals surface area contributed by atoms with Crippen LogP contribution < -0.4 is 5.32 Å². The van der Waals surface area contributed by atoms with Crippen molar-refractivity contribution < 1.29 is 12.8 Å². The maximum absolute atomic E-state index is 14.2. The van der Waals surface area contributed by atoms with Gasteiger partial charge in [-0.05, 0) is 11.6 Å². The molecule has 7 nitrogen and oxygen atoms in total. The first-order chi connectivity index (χ1) is 14.4. The second-order valence-electron chi connectivity index (χ2n) is 7.28. The van der Waals surface area contributed by atoms with Gasteiger partial charge in [0.05, 0.1) is 6.33 Å². The standard InChI is InChI=1S/C20H21ClFN5O2S/c1-26-12-18(25-13-26)30(28,29)27-10-16(14-5-3-2-4-6-14)17(11-27)24-9-15-7-8-23-20(21)19(15)22/h2-8,12-13,16-17,24H,9-11H2,1H3. The second kappa shape index (κ2) is 8.43. The Hall–Kier alpha value is -2.33. The monoisotopic (exact) mass is 449 g/mol. The third-order valence-corrected chi connectivity index (χ3v) is 7.26. The maximum Gasteiger partial charge on any atom is 0.262 e. The van der Waals surface area contributed by atoms with Crippen molar-refractivity contribution in [1.29, 1.82) is 0 Å². The van der Waals surface area contributed by atoms with Crippen LogP contribution in [-0.2, 0) is 23.6 Å². The van der Waals surface area contributed by atoms with Gasteiger partial charge < -0.3 is 9.88 Å². The van der Waals surface area contributed by atoms with Crippen LogP contribution in [0.25, 0.3) is 0 Å². The number of sulfonamides is 1. The molecule has 0 bridgehead atoms. The van der Waals surface area contributed by atoms with Gasteiger partial charge in [0.1, 0.15) is 0 Å². The van der Waals surface area contributed by atoms with Crippen LogP contribution in [0.3, 0.4) is 0 Å². The molecule has 1 N–H and O–H groups in total. The van der Waals surface area contributed by atoms with Gasteiger partial charge in [0.25, 0.3) is 10.0 Å². The molecule has 0 amide bonds. The number of aryl methyl sites for hydroxylation is 1. The van der Waals surface area contributed by atoms with E-state index in [1.54, 1.807) is 17.7 Å². The van der Waals surface area contributed by atoms with E-state index in [0.717, 1.165) is 5.56 Å². The van der Waals surface area contributed by atoms with Gasteiger partial charge in [-0.25, -0.2) is 22.8 Å². The molecule has 1 fully saturated rings. The number of halogens is 2. The highest BCUT2D eigenvalue weighted by molar-refractivity contribution is 7.89. The molecule has 1 aliphatic heterocycles. The van der Waals surface area contributed by atoms with Crippen LogP contribution >= 0.6 is 11.6 Å². The minimum Gasteiger partial charge on any atom is -0.339 e. The molecule has 2 aromatic heterocycles. The smallest absolute Gasteiger partial charge is 0.262 e. The lowest BCUT2D eigenvalue weighted by Crippen LogP contribution is -2.36. The summed E-state index contributed by atoms with van der Waals surface area (Å²) in [5, 5.41) is 3.15. The van der Waals surface area contributed by atoms with Crippen molar-refractivity contribution in [3.63, 3.8) is 0 Å². The van der Waals surface area contributed by atoms with Crippen LogP contribution in [0.1, 0.15) is 17.0 Å². The molecule has 0 spiro atoms. The molecule has 3 aromatic rings. The zero-order chi connectivity index (χ0) is 21.3. The van der Waals surface area contributed by atoms with Gasteiger partial charge in [0.2, 0.25) is 0 Å². The second-order valence-corrected chi connectivity index (χ2v) is 9.52. The molecule has 10 heteroatoms. The van der Waals surface area contributed by atoms with Gasteiger partial charge in [-0.3, -0.25) is 0 Å². The summed E-state index contributed by atoms with van der Waals surface area (Å²) in [4.78, 5) is 7.74. The van der Waals surface area contributed by atoms with Crippen LogP contribution in [-0.4, -0.2) is 46.4 Å². The van der Waals surface area contributed by atoms with Crippen molar-refractivity contribution in [3.05, 3.63) is 77.2 Å². The average molecular weight is 450 g/mol. The minimum atomic E-state index is -3.73. The first-order valence-corrected chi connectivity index (χ1v) is 11.2. The largest absolute Gasteiger partial charge is 0.339 e. The lowest BCUT2D eigenvalue weighted by atomic mass is 9.94. The Labute approximate surface area is 179 Å². The van der Waals surface area contributed by atoms with Crippen LogP contribution in [0.4, 0.5) is 4.39 Å². The molecule has 0 saturated carbocycles. The van der Waals surface area contributed by atoms with Gasteiger partial charge in [-0.1, -0.05) is 41.9 Å². The Bertz CT molecular complexity index is 1140. The van der Waals surface area contributed by atoms with E-state index < -0.39 is 15.8 Å². The first kappa shape index (κ1) is 20.9. The number of rotatable bonds is 6. The SMILES string of the molecule is Cn1cnc(S(=O)(=O)N2CC(NCc3ccnc(Cl)c3F)C(c3ccccc3)C2)c1. The number of hydrogen-bond donors (Lipinski definition) is 1.